The summed E-state index contributed by atoms with van der Waals surface area (Å²) >= 11 is 0. The van der Waals surface area contributed by atoms with Gasteiger partial charge in [-0.3, -0.25) is 10.3 Å². The van der Waals surface area contributed by atoms with Gasteiger partial charge in [0.05, 0.1) is 19.4 Å². The second-order valence-corrected chi connectivity index (χ2v) is 2.68. The lowest BCUT2D eigenvalue weighted by molar-refractivity contribution is 0.270. The average Bonchev–Trinajstić information content (AvgIpc) is 2.16. The highest BCUT2D eigenvalue weighted by atomic mass is 16.6. The fourth-order valence-electron chi connectivity index (χ4n) is 0.987. The maximum atomic E-state index is 5.45. The molecule has 0 aromatic heterocycles. The Bertz CT molecular complexity index is 250. The summed E-state index contributed by atoms with van der Waals surface area (Å²) in [5.41, 5.74) is 3.64. The van der Waals surface area contributed by atoms with E-state index in [0.717, 1.165) is 24.5 Å². The van der Waals surface area contributed by atoms with Crippen LogP contribution in [0, 0.1) is 0 Å². The van der Waals surface area contributed by atoms with Crippen LogP contribution in [0.3, 0.4) is 0 Å². The van der Waals surface area contributed by atoms with Gasteiger partial charge in [0.25, 0.3) is 0 Å². The maximum Gasteiger partial charge on any atom is 0.121 e. The van der Waals surface area contributed by atoms with E-state index < -0.39 is 0 Å². The van der Waals surface area contributed by atoms with Crippen molar-refractivity contribution in [3.63, 3.8) is 0 Å². The summed E-state index contributed by atoms with van der Waals surface area (Å²) in [7, 11) is 1.58. The summed E-state index contributed by atoms with van der Waals surface area (Å²) in [5, 5.41) is 0. The lowest BCUT2D eigenvalue weighted by atomic mass is 10.3. The average molecular weight is 181 g/mol. The Morgan fingerprint density at radius 1 is 1.38 bits per heavy atom. The van der Waals surface area contributed by atoms with Gasteiger partial charge in [-0.15, -0.1) is 0 Å². The van der Waals surface area contributed by atoms with Crippen LogP contribution in [0.4, 0.5) is 5.69 Å². The molecule has 0 atom stereocenters. The molecule has 0 fully saturated rings. The minimum absolute atomic E-state index is 0.746. The third kappa shape index (κ3) is 3.34. The van der Waals surface area contributed by atoms with Crippen molar-refractivity contribution in [3.05, 3.63) is 24.3 Å². The van der Waals surface area contributed by atoms with Crippen molar-refractivity contribution in [1.82, 2.24) is 0 Å². The molecule has 1 aromatic rings. The van der Waals surface area contributed by atoms with E-state index in [1.807, 2.05) is 24.3 Å². The fraction of sp³-hybridized carbons (Fsp3) is 0.400. The van der Waals surface area contributed by atoms with Crippen molar-refractivity contribution in [3.8, 4) is 5.75 Å². The summed E-state index contributed by atoms with van der Waals surface area (Å²) in [6.45, 7) is 2.83. The summed E-state index contributed by atoms with van der Waals surface area (Å²) in [6.07, 6.45) is 1.02. The number of ether oxygens (including phenoxy) is 1. The summed E-state index contributed by atoms with van der Waals surface area (Å²) in [6, 6.07) is 7.67. The molecule has 0 bridgehead atoms. The number of hydrogen-bond acceptors (Lipinski definition) is 3. The van der Waals surface area contributed by atoms with Crippen LogP contribution in [-0.2, 0) is 4.84 Å². The SMILES string of the molecule is CCCOc1cccc(NOC)c1. The van der Waals surface area contributed by atoms with Gasteiger partial charge < -0.3 is 4.74 Å². The van der Waals surface area contributed by atoms with Crippen LogP contribution in [0.5, 0.6) is 5.75 Å². The number of rotatable bonds is 5. The van der Waals surface area contributed by atoms with Crippen molar-refractivity contribution < 1.29 is 9.57 Å². The third-order valence-corrected chi connectivity index (χ3v) is 1.53. The number of nitrogens with one attached hydrogen (secondary N) is 1. The van der Waals surface area contributed by atoms with E-state index in [1.165, 1.54) is 0 Å². The van der Waals surface area contributed by atoms with Crippen LogP contribution < -0.4 is 10.2 Å². The third-order valence-electron chi connectivity index (χ3n) is 1.53. The molecule has 0 amide bonds. The first-order valence-corrected chi connectivity index (χ1v) is 4.38. The molecule has 0 heterocycles. The topological polar surface area (TPSA) is 30.5 Å². The summed E-state index contributed by atoms with van der Waals surface area (Å²) in [5.74, 6) is 0.865. The first-order chi connectivity index (χ1) is 6.36. The predicted molar refractivity (Wildman–Crippen MR) is 52.9 cm³/mol. The Hall–Kier alpha value is -1.22. The Kier molecular flexibility index (Phi) is 4.12. The minimum atomic E-state index is 0.746. The van der Waals surface area contributed by atoms with Crippen LogP contribution in [0.1, 0.15) is 13.3 Å². The lowest BCUT2D eigenvalue weighted by Gasteiger charge is -2.07. The molecule has 0 unspecified atom stereocenters. The van der Waals surface area contributed by atoms with Gasteiger partial charge in [-0.05, 0) is 18.6 Å². The van der Waals surface area contributed by atoms with Gasteiger partial charge in [-0.1, -0.05) is 13.0 Å². The number of benzene rings is 1. The highest BCUT2D eigenvalue weighted by molar-refractivity contribution is 5.46. The summed E-state index contributed by atoms with van der Waals surface area (Å²) in [4.78, 5) is 4.78. The predicted octanol–water partition coefficient (Wildman–Crippen LogP) is 2.45. The minimum Gasteiger partial charge on any atom is -0.494 e. The van der Waals surface area contributed by atoms with Crippen molar-refractivity contribution in [2.24, 2.45) is 0 Å². The molecule has 0 saturated heterocycles. The smallest absolute Gasteiger partial charge is 0.121 e. The highest BCUT2D eigenvalue weighted by Crippen LogP contribution is 2.17. The van der Waals surface area contributed by atoms with E-state index in [2.05, 4.69) is 12.4 Å². The van der Waals surface area contributed by atoms with E-state index in [1.54, 1.807) is 7.11 Å². The lowest BCUT2D eigenvalue weighted by Crippen LogP contribution is -1.98. The van der Waals surface area contributed by atoms with E-state index in [0.29, 0.717) is 0 Å². The van der Waals surface area contributed by atoms with Gasteiger partial charge in [0, 0.05) is 6.07 Å². The molecular weight excluding hydrogens is 166 g/mol. The van der Waals surface area contributed by atoms with E-state index in [4.69, 9.17) is 9.57 Å². The monoisotopic (exact) mass is 181 g/mol. The largest absolute Gasteiger partial charge is 0.494 e. The molecule has 3 heteroatoms. The molecule has 0 aliphatic rings. The van der Waals surface area contributed by atoms with E-state index in [9.17, 15) is 0 Å². The van der Waals surface area contributed by atoms with Gasteiger partial charge in [-0.25, -0.2) is 0 Å². The quantitative estimate of drug-likeness (QED) is 0.708. The molecule has 0 aliphatic heterocycles. The molecule has 0 spiro atoms. The van der Waals surface area contributed by atoms with Crippen LogP contribution in [0.25, 0.3) is 0 Å². The molecular formula is C10H15NO2. The van der Waals surface area contributed by atoms with Gasteiger partial charge in [-0.2, -0.15) is 0 Å². The van der Waals surface area contributed by atoms with Crippen molar-refractivity contribution in [2.45, 2.75) is 13.3 Å². The molecule has 1 aromatic carbocycles. The molecule has 1 N–H and O–H groups in total. The first kappa shape index (κ1) is 9.86. The molecule has 0 radical (unpaired) electrons. The van der Waals surface area contributed by atoms with Crippen LogP contribution >= 0.6 is 0 Å². The van der Waals surface area contributed by atoms with E-state index in [-0.39, 0.29) is 0 Å². The van der Waals surface area contributed by atoms with E-state index >= 15 is 0 Å². The van der Waals surface area contributed by atoms with Crippen molar-refractivity contribution in [2.75, 3.05) is 19.2 Å². The highest BCUT2D eigenvalue weighted by Gasteiger charge is 1.94. The zero-order valence-corrected chi connectivity index (χ0v) is 8.04. The molecule has 3 nitrogen and oxygen atoms in total. The zero-order chi connectivity index (χ0) is 9.52. The Balaban J connectivity index is 2.56. The van der Waals surface area contributed by atoms with Crippen molar-refractivity contribution >= 4 is 5.69 Å². The zero-order valence-electron chi connectivity index (χ0n) is 8.04. The van der Waals surface area contributed by atoms with Crippen LogP contribution in [0.2, 0.25) is 0 Å². The van der Waals surface area contributed by atoms with Gasteiger partial charge in [0.2, 0.25) is 0 Å². The number of hydrogen-bond donors (Lipinski definition) is 1. The molecule has 72 valence electrons. The van der Waals surface area contributed by atoms with Gasteiger partial charge in [0.15, 0.2) is 0 Å². The maximum absolute atomic E-state index is 5.45. The Morgan fingerprint density at radius 3 is 2.92 bits per heavy atom. The second kappa shape index (κ2) is 5.43. The van der Waals surface area contributed by atoms with Gasteiger partial charge in [0.1, 0.15) is 5.75 Å². The Morgan fingerprint density at radius 2 is 2.23 bits per heavy atom. The molecule has 13 heavy (non-hydrogen) atoms. The summed E-state index contributed by atoms with van der Waals surface area (Å²) < 4.78 is 5.45. The van der Waals surface area contributed by atoms with Crippen molar-refractivity contribution in [1.29, 1.82) is 0 Å². The molecule has 0 saturated carbocycles. The fourth-order valence-corrected chi connectivity index (χ4v) is 0.987. The standard InChI is InChI=1S/C10H15NO2/c1-3-7-13-10-6-4-5-9(8-10)11-12-2/h4-6,8,11H,3,7H2,1-2H3. The van der Waals surface area contributed by atoms with Gasteiger partial charge >= 0.3 is 0 Å². The molecule has 0 aliphatic carbocycles. The van der Waals surface area contributed by atoms with Crippen LogP contribution in [0.15, 0.2) is 24.3 Å². The Labute approximate surface area is 78.6 Å². The van der Waals surface area contributed by atoms with Crippen LogP contribution in [-0.4, -0.2) is 13.7 Å². The second-order valence-electron chi connectivity index (χ2n) is 2.68. The first-order valence-electron chi connectivity index (χ1n) is 4.38. The normalized spacial score (nSPS) is 9.69. The number of anilines is 1. The molecule has 1 rings (SSSR count).